The van der Waals surface area contributed by atoms with Crippen LogP contribution in [0.15, 0.2) is 67.3 Å². The van der Waals surface area contributed by atoms with Gasteiger partial charge in [-0.25, -0.2) is 4.68 Å². The molecule has 0 bridgehead atoms. The van der Waals surface area contributed by atoms with Gasteiger partial charge in [0.25, 0.3) is 5.91 Å². The van der Waals surface area contributed by atoms with Crippen molar-refractivity contribution < 1.29 is 14.3 Å². The lowest BCUT2D eigenvalue weighted by Crippen LogP contribution is -2.56. The van der Waals surface area contributed by atoms with Gasteiger partial charge >= 0.3 is 0 Å². The first-order valence-corrected chi connectivity index (χ1v) is 11.3. The van der Waals surface area contributed by atoms with Crippen molar-refractivity contribution in [3.8, 4) is 22.8 Å². The average Bonchev–Trinajstić information content (AvgIpc) is 3.12. The van der Waals surface area contributed by atoms with Crippen molar-refractivity contribution in [2.45, 2.75) is 37.8 Å². The molecule has 1 heterocycles. The summed E-state index contributed by atoms with van der Waals surface area (Å²) in [5.74, 6) is 0.966. The van der Waals surface area contributed by atoms with E-state index < -0.39 is 5.91 Å². The molecule has 0 radical (unpaired) electrons. The van der Waals surface area contributed by atoms with Crippen molar-refractivity contribution in [2.75, 3.05) is 5.73 Å². The third kappa shape index (κ3) is 3.91. The monoisotopic (exact) mass is 457 g/mol. The number of primary amides is 1. The Morgan fingerprint density at radius 2 is 1.71 bits per heavy atom. The number of carbonyl (C=O) groups excluding carboxylic acids is 2. The summed E-state index contributed by atoms with van der Waals surface area (Å²) in [7, 11) is 0. The zero-order valence-corrected chi connectivity index (χ0v) is 18.7. The maximum absolute atomic E-state index is 12.3. The molecular formula is C26H27N5O3. The maximum atomic E-state index is 12.3. The summed E-state index contributed by atoms with van der Waals surface area (Å²) in [6.07, 6.45) is 4.97. The number of carbonyl (C=O) groups is 2. The molecule has 0 atom stereocenters. The molecule has 8 heteroatoms. The number of hydrogen-bond donors (Lipinski definition) is 3. The van der Waals surface area contributed by atoms with Crippen molar-refractivity contribution in [3.05, 3.63) is 72.8 Å². The summed E-state index contributed by atoms with van der Waals surface area (Å²) < 4.78 is 7.59. The quantitative estimate of drug-likeness (QED) is 0.465. The predicted molar refractivity (Wildman–Crippen MR) is 129 cm³/mol. The minimum Gasteiger partial charge on any atom is -0.457 e. The van der Waals surface area contributed by atoms with E-state index in [0.717, 1.165) is 37.0 Å². The fourth-order valence-electron chi connectivity index (χ4n) is 5.27. The molecule has 2 fully saturated rings. The van der Waals surface area contributed by atoms with E-state index in [9.17, 15) is 9.59 Å². The Kier molecular flexibility index (Phi) is 5.36. The van der Waals surface area contributed by atoms with Crippen molar-refractivity contribution >= 4 is 17.6 Å². The van der Waals surface area contributed by atoms with Gasteiger partial charge in [0.05, 0.1) is 6.04 Å². The van der Waals surface area contributed by atoms with Gasteiger partial charge < -0.3 is 21.5 Å². The van der Waals surface area contributed by atoms with E-state index in [-0.39, 0.29) is 29.0 Å². The number of nitrogen functional groups attached to an aromatic ring is 1. The van der Waals surface area contributed by atoms with E-state index >= 15 is 0 Å². The summed E-state index contributed by atoms with van der Waals surface area (Å²) in [6, 6.07) is 17.1. The van der Waals surface area contributed by atoms with Gasteiger partial charge in [-0.3, -0.25) is 9.59 Å². The van der Waals surface area contributed by atoms with Crippen LogP contribution in [0.25, 0.3) is 11.3 Å². The molecule has 5 rings (SSSR count). The van der Waals surface area contributed by atoms with Gasteiger partial charge in [-0.05, 0) is 73.6 Å². The summed E-state index contributed by atoms with van der Waals surface area (Å²) in [5.41, 5.74) is 13.7. The van der Waals surface area contributed by atoms with Crippen molar-refractivity contribution in [2.24, 2.45) is 11.1 Å². The summed E-state index contributed by atoms with van der Waals surface area (Å²) in [5, 5.41) is 7.66. The van der Waals surface area contributed by atoms with Crippen molar-refractivity contribution in [1.29, 1.82) is 0 Å². The maximum Gasteiger partial charge on any atom is 0.254 e. The van der Waals surface area contributed by atoms with Crippen LogP contribution in [-0.2, 0) is 4.79 Å². The molecule has 2 aromatic carbocycles. The number of ether oxygens (including phenoxy) is 1. The lowest BCUT2D eigenvalue weighted by atomic mass is 9.52. The number of amides is 2. The fraction of sp³-hybridized carbons (Fsp3) is 0.269. The van der Waals surface area contributed by atoms with Gasteiger partial charge in [0.2, 0.25) is 5.91 Å². The molecule has 34 heavy (non-hydrogen) atoms. The Labute approximate surface area is 197 Å². The van der Waals surface area contributed by atoms with E-state index in [2.05, 4.69) is 11.9 Å². The molecule has 0 aliphatic heterocycles. The second-order valence-corrected chi connectivity index (χ2v) is 9.24. The Morgan fingerprint density at radius 3 is 2.32 bits per heavy atom. The highest BCUT2D eigenvalue weighted by Gasteiger charge is 2.54. The van der Waals surface area contributed by atoms with E-state index in [1.54, 1.807) is 4.68 Å². The number of para-hydroxylation sites is 1. The lowest BCUT2D eigenvalue weighted by molar-refractivity contribution is -0.120. The second-order valence-electron chi connectivity index (χ2n) is 9.24. The minimum atomic E-state index is -0.603. The highest BCUT2D eigenvalue weighted by Crippen LogP contribution is 2.60. The van der Waals surface area contributed by atoms with E-state index in [1.165, 1.54) is 6.08 Å². The zero-order chi connectivity index (χ0) is 23.9. The number of benzene rings is 2. The molecule has 8 nitrogen and oxygen atoms in total. The van der Waals surface area contributed by atoms with Crippen LogP contribution in [-0.4, -0.2) is 27.6 Å². The molecule has 5 N–H and O–H groups in total. The number of nitrogens with two attached hydrogens (primary N) is 2. The van der Waals surface area contributed by atoms with Crippen LogP contribution < -0.4 is 21.5 Å². The molecule has 2 aliphatic carbocycles. The molecule has 2 saturated carbocycles. The molecular weight excluding hydrogens is 430 g/mol. The Bertz CT molecular complexity index is 1240. The molecule has 2 amide bonds. The molecule has 1 aromatic heterocycles. The normalized spacial score (nSPS) is 22.9. The van der Waals surface area contributed by atoms with Crippen LogP contribution in [0.1, 0.15) is 42.1 Å². The van der Waals surface area contributed by atoms with Crippen LogP contribution >= 0.6 is 0 Å². The Hall–Kier alpha value is -4.07. The molecule has 3 aromatic rings. The van der Waals surface area contributed by atoms with Gasteiger partial charge in [-0.1, -0.05) is 24.8 Å². The lowest BCUT2D eigenvalue weighted by Gasteiger charge is -2.57. The number of nitrogens with zero attached hydrogens (tertiary/aromatic N) is 2. The van der Waals surface area contributed by atoms with Gasteiger partial charge in [0.1, 0.15) is 28.6 Å². The molecule has 0 saturated heterocycles. The highest BCUT2D eigenvalue weighted by molar-refractivity contribution is 6.03. The van der Waals surface area contributed by atoms with Gasteiger partial charge in [-0.15, -0.1) is 0 Å². The highest BCUT2D eigenvalue weighted by atomic mass is 16.5. The Morgan fingerprint density at radius 1 is 1.06 bits per heavy atom. The minimum absolute atomic E-state index is 0.101. The molecule has 1 spiro atoms. The number of rotatable bonds is 7. The van der Waals surface area contributed by atoms with Crippen LogP contribution in [0.2, 0.25) is 0 Å². The van der Waals surface area contributed by atoms with Gasteiger partial charge in [0, 0.05) is 11.6 Å². The van der Waals surface area contributed by atoms with Gasteiger partial charge in [0.15, 0.2) is 0 Å². The van der Waals surface area contributed by atoms with E-state index in [4.69, 9.17) is 21.3 Å². The molecule has 174 valence electrons. The third-order valence-corrected chi connectivity index (χ3v) is 6.87. The van der Waals surface area contributed by atoms with Gasteiger partial charge in [-0.2, -0.15) is 5.10 Å². The Balaban J connectivity index is 1.31. The number of nitrogens with one attached hydrogen (secondary N) is 1. The number of aromatic nitrogens is 2. The second kappa shape index (κ2) is 8.37. The summed E-state index contributed by atoms with van der Waals surface area (Å²) >= 11 is 0. The summed E-state index contributed by atoms with van der Waals surface area (Å²) in [6.45, 7) is 3.49. The number of hydrogen-bond acceptors (Lipinski definition) is 5. The van der Waals surface area contributed by atoms with E-state index in [0.29, 0.717) is 17.3 Å². The van der Waals surface area contributed by atoms with Crippen LogP contribution in [0.4, 0.5) is 5.82 Å². The van der Waals surface area contributed by atoms with Crippen LogP contribution in [0.5, 0.6) is 11.5 Å². The van der Waals surface area contributed by atoms with Crippen molar-refractivity contribution in [3.63, 3.8) is 0 Å². The first-order valence-electron chi connectivity index (χ1n) is 11.3. The number of anilines is 1. The molecule has 0 unspecified atom stereocenters. The molecule has 2 aliphatic rings. The largest absolute Gasteiger partial charge is 0.457 e. The first kappa shape index (κ1) is 21.8. The smallest absolute Gasteiger partial charge is 0.254 e. The standard InChI is InChI=1S/C26H27N5O3/c1-2-21(32)29-17-12-26(13-17)14-18(15-26)31-24(27)22(25(28)33)23(30-31)16-8-10-20(11-9-16)34-19-6-4-3-5-7-19/h2-11,17-18H,1,12-15,27H2,(H2,28,33)(H,29,32). The van der Waals surface area contributed by atoms with E-state index in [1.807, 2.05) is 54.6 Å². The van der Waals surface area contributed by atoms with Crippen LogP contribution in [0.3, 0.4) is 0 Å². The fourth-order valence-corrected chi connectivity index (χ4v) is 5.27. The SMILES string of the molecule is C=CC(=O)NC1CC2(C1)CC(n1nc(-c3ccc(Oc4ccccc4)cc3)c(C(N)=O)c1N)C2. The summed E-state index contributed by atoms with van der Waals surface area (Å²) in [4.78, 5) is 23.8. The zero-order valence-electron chi connectivity index (χ0n) is 18.7. The van der Waals surface area contributed by atoms with Crippen LogP contribution in [0, 0.1) is 5.41 Å². The predicted octanol–water partition coefficient (Wildman–Crippen LogP) is 3.81. The first-order chi connectivity index (χ1) is 16.4. The average molecular weight is 458 g/mol. The third-order valence-electron chi connectivity index (χ3n) is 6.87. The topological polar surface area (TPSA) is 125 Å². The van der Waals surface area contributed by atoms with Crippen molar-refractivity contribution in [1.82, 2.24) is 15.1 Å².